The van der Waals surface area contributed by atoms with Crippen molar-refractivity contribution in [3.63, 3.8) is 0 Å². The van der Waals surface area contributed by atoms with Crippen LogP contribution >= 0.6 is 0 Å². The van der Waals surface area contributed by atoms with Crippen LogP contribution in [0.2, 0.25) is 0 Å². The summed E-state index contributed by atoms with van der Waals surface area (Å²) in [5, 5.41) is 2.70. The van der Waals surface area contributed by atoms with Crippen LogP contribution in [0.4, 0.5) is 5.69 Å². The maximum Gasteiger partial charge on any atom is 0.251 e. The van der Waals surface area contributed by atoms with Crippen molar-refractivity contribution >= 4 is 17.5 Å². The predicted molar refractivity (Wildman–Crippen MR) is 70.9 cm³/mol. The van der Waals surface area contributed by atoms with Gasteiger partial charge in [0.15, 0.2) is 0 Å². The molecule has 0 aliphatic heterocycles. The highest BCUT2D eigenvalue weighted by molar-refractivity contribution is 5.96. The lowest BCUT2D eigenvalue weighted by Gasteiger charge is -2.21. The molecule has 0 saturated heterocycles. The molecule has 0 aliphatic rings. The van der Waals surface area contributed by atoms with Crippen LogP contribution in [0.15, 0.2) is 18.2 Å². The fourth-order valence-electron chi connectivity index (χ4n) is 1.43. The Morgan fingerprint density at radius 2 is 1.94 bits per heavy atom. The van der Waals surface area contributed by atoms with Crippen LogP contribution in [-0.4, -0.2) is 18.4 Å². The summed E-state index contributed by atoms with van der Waals surface area (Å²) in [7, 11) is 0. The van der Waals surface area contributed by atoms with Crippen LogP contribution < -0.4 is 16.8 Å². The highest BCUT2D eigenvalue weighted by Gasteiger charge is 2.25. The lowest BCUT2D eigenvalue weighted by Crippen LogP contribution is -2.42. The highest BCUT2D eigenvalue weighted by atomic mass is 16.2. The van der Waals surface area contributed by atoms with E-state index in [1.165, 1.54) is 0 Å². The van der Waals surface area contributed by atoms with Crippen molar-refractivity contribution in [1.29, 1.82) is 0 Å². The molecule has 0 atom stereocenters. The Morgan fingerprint density at radius 3 is 2.44 bits per heavy atom. The van der Waals surface area contributed by atoms with Gasteiger partial charge in [-0.25, -0.2) is 0 Å². The normalized spacial score (nSPS) is 11.1. The number of hydrogen-bond acceptors (Lipinski definition) is 3. The number of aryl methyl sites for hydroxylation is 1. The van der Waals surface area contributed by atoms with E-state index in [1.54, 1.807) is 32.0 Å². The van der Waals surface area contributed by atoms with Crippen molar-refractivity contribution in [3.8, 4) is 0 Å². The number of primary amides is 1. The number of nitrogens with one attached hydrogen (secondary N) is 1. The molecule has 1 aromatic carbocycles. The molecule has 5 nitrogen and oxygen atoms in total. The van der Waals surface area contributed by atoms with E-state index >= 15 is 0 Å². The van der Waals surface area contributed by atoms with Crippen LogP contribution in [0.25, 0.3) is 0 Å². The van der Waals surface area contributed by atoms with E-state index in [4.69, 9.17) is 11.5 Å². The van der Waals surface area contributed by atoms with E-state index in [0.29, 0.717) is 11.3 Å². The molecule has 5 heteroatoms. The van der Waals surface area contributed by atoms with E-state index in [9.17, 15) is 9.59 Å². The zero-order valence-corrected chi connectivity index (χ0v) is 10.9. The van der Waals surface area contributed by atoms with E-state index in [-0.39, 0.29) is 12.5 Å². The smallest absolute Gasteiger partial charge is 0.251 e. The van der Waals surface area contributed by atoms with Crippen LogP contribution in [0.5, 0.6) is 0 Å². The average Bonchev–Trinajstić information content (AvgIpc) is 2.25. The van der Waals surface area contributed by atoms with Gasteiger partial charge in [-0.15, -0.1) is 0 Å². The number of hydrogen-bond donors (Lipinski definition) is 3. The van der Waals surface area contributed by atoms with E-state index in [1.807, 2.05) is 6.92 Å². The van der Waals surface area contributed by atoms with Crippen molar-refractivity contribution in [3.05, 3.63) is 29.3 Å². The molecule has 1 aromatic rings. The molecular formula is C13H19N3O2. The second-order valence-corrected chi connectivity index (χ2v) is 5.01. The molecule has 2 amide bonds. The van der Waals surface area contributed by atoms with Gasteiger partial charge in [-0.3, -0.25) is 9.59 Å². The molecule has 0 radical (unpaired) electrons. The number of carbonyl (C=O) groups excluding carboxylic acids is 2. The summed E-state index contributed by atoms with van der Waals surface area (Å²) in [6.45, 7) is 5.38. The largest absolute Gasteiger partial charge is 0.399 e. The Balaban J connectivity index is 2.75. The number of benzene rings is 1. The molecule has 98 valence electrons. The first-order valence-electron chi connectivity index (χ1n) is 5.68. The molecule has 0 fully saturated rings. The third-order valence-corrected chi connectivity index (χ3v) is 2.85. The lowest BCUT2D eigenvalue weighted by molar-refractivity contribution is -0.125. The number of amides is 2. The van der Waals surface area contributed by atoms with Crippen molar-refractivity contribution in [2.75, 3.05) is 12.3 Å². The molecule has 0 spiro atoms. The standard InChI is InChI=1S/C13H19N3O2/c1-8-6-9(14)4-5-10(8)11(17)16-7-13(2,3)12(15)18/h4-6H,7,14H2,1-3H3,(H2,15,18)(H,16,17). The highest BCUT2D eigenvalue weighted by Crippen LogP contribution is 2.15. The van der Waals surface area contributed by atoms with Gasteiger partial charge in [0.1, 0.15) is 0 Å². The fraction of sp³-hybridized carbons (Fsp3) is 0.385. The zero-order chi connectivity index (χ0) is 13.9. The topological polar surface area (TPSA) is 98.2 Å². The van der Waals surface area contributed by atoms with E-state index in [0.717, 1.165) is 5.56 Å². The van der Waals surface area contributed by atoms with Gasteiger partial charge in [0.2, 0.25) is 5.91 Å². The summed E-state index contributed by atoms with van der Waals surface area (Å²) >= 11 is 0. The molecule has 5 N–H and O–H groups in total. The summed E-state index contributed by atoms with van der Waals surface area (Å²) < 4.78 is 0. The minimum Gasteiger partial charge on any atom is -0.399 e. The Labute approximate surface area is 107 Å². The lowest BCUT2D eigenvalue weighted by atomic mass is 9.92. The number of anilines is 1. The maximum absolute atomic E-state index is 11.9. The summed E-state index contributed by atoms with van der Waals surface area (Å²) in [4.78, 5) is 23.1. The number of carbonyl (C=O) groups is 2. The third-order valence-electron chi connectivity index (χ3n) is 2.85. The Morgan fingerprint density at radius 1 is 1.33 bits per heavy atom. The molecular weight excluding hydrogens is 230 g/mol. The average molecular weight is 249 g/mol. The van der Waals surface area contributed by atoms with Gasteiger partial charge in [0.05, 0.1) is 5.41 Å². The molecule has 0 bridgehead atoms. The number of rotatable bonds is 4. The van der Waals surface area contributed by atoms with Crippen LogP contribution in [0, 0.1) is 12.3 Å². The molecule has 0 saturated carbocycles. The monoisotopic (exact) mass is 249 g/mol. The van der Waals surface area contributed by atoms with Crippen molar-refractivity contribution in [2.45, 2.75) is 20.8 Å². The summed E-state index contributed by atoms with van der Waals surface area (Å²) in [6.07, 6.45) is 0. The van der Waals surface area contributed by atoms with Gasteiger partial charge < -0.3 is 16.8 Å². The quantitative estimate of drug-likeness (QED) is 0.689. The van der Waals surface area contributed by atoms with E-state index < -0.39 is 11.3 Å². The van der Waals surface area contributed by atoms with Crippen LogP contribution in [-0.2, 0) is 4.79 Å². The molecule has 0 heterocycles. The number of nitrogens with two attached hydrogens (primary N) is 2. The van der Waals surface area contributed by atoms with Crippen molar-refractivity contribution in [2.24, 2.45) is 11.1 Å². The molecule has 0 unspecified atom stereocenters. The van der Waals surface area contributed by atoms with Gasteiger partial charge in [0, 0.05) is 17.8 Å². The van der Waals surface area contributed by atoms with Gasteiger partial charge in [0.25, 0.3) is 5.91 Å². The van der Waals surface area contributed by atoms with Gasteiger partial charge in [-0.1, -0.05) is 0 Å². The first-order chi connectivity index (χ1) is 8.24. The minimum atomic E-state index is -0.766. The van der Waals surface area contributed by atoms with Gasteiger partial charge >= 0.3 is 0 Å². The maximum atomic E-state index is 11.9. The Bertz CT molecular complexity index is 481. The Hall–Kier alpha value is -2.04. The number of nitrogen functional groups attached to an aromatic ring is 1. The molecule has 18 heavy (non-hydrogen) atoms. The minimum absolute atomic E-state index is 0.199. The van der Waals surface area contributed by atoms with E-state index in [2.05, 4.69) is 5.32 Å². The second kappa shape index (κ2) is 5.08. The SMILES string of the molecule is Cc1cc(N)ccc1C(=O)NCC(C)(C)C(N)=O. The fourth-order valence-corrected chi connectivity index (χ4v) is 1.43. The predicted octanol–water partition coefficient (Wildman–Crippen LogP) is 0.819. The zero-order valence-electron chi connectivity index (χ0n) is 10.9. The van der Waals surface area contributed by atoms with Gasteiger partial charge in [-0.2, -0.15) is 0 Å². The van der Waals surface area contributed by atoms with Crippen molar-refractivity contribution in [1.82, 2.24) is 5.32 Å². The third kappa shape index (κ3) is 3.23. The van der Waals surface area contributed by atoms with Crippen molar-refractivity contribution < 1.29 is 9.59 Å². The first-order valence-corrected chi connectivity index (χ1v) is 5.68. The molecule has 0 aliphatic carbocycles. The van der Waals surface area contributed by atoms with Crippen LogP contribution in [0.1, 0.15) is 29.8 Å². The molecule has 0 aromatic heterocycles. The Kier molecular flexibility index (Phi) is 3.96. The van der Waals surface area contributed by atoms with Crippen LogP contribution in [0.3, 0.4) is 0 Å². The summed E-state index contributed by atoms with van der Waals surface area (Å²) in [5.74, 6) is -0.682. The molecule has 1 rings (SSSR count). The van der Waals surface area contributed by atoms with Gasteiger partial charge in [-0.05, 0) is 44.5 Å². The summed E-state index contributed by atoms with van der Waals surface area (Å²) in [6, 6.07) is 5.06. The second-order valence-electron chi connectivity index (χ2n) is 5.01. The summed E-state index contributed by atoms with van der Waals surface area (Å²) in [5.41, 5.74) is 12.0. The first kappa shape index (κ1) is 14.0.